The van der Waals surface area contributed by atoms with Crippen LogP contribution in [0.5, 0.6) is 0 Å². The van der Waals surface area contributed by atoms with Crippen LogP contribution >= 0.6 is 0 Å². The van der Waals surface area contributed by atoms with Gasteiger partial charge in [-0.3, -0.25) is 10.1 Å². The molecule has 26 heavy (non-hydrogen) atoms. The minimum Gasteiger partial charge on any atom is -0.403 e. The molecule has 0 fully saturated rings. The lowest BCUT2D eigenvalue weighted by Crippen LogP contribution is -2.13. The number of hydrogen-bond acceptors (Lipinski definition) is 6. The van der Waals surface area contributed by atoms with Gasteiger partial charge in [0, 0.05) is 11.8 Å². The second-order valence-electron chi connectivity index (χ2n) is 5.95. The summed E-state index contributed by atoms with van der Waals surface area (Å²) in [5.41, 5.74) is 2.66. The summed E-state index contributed by atoms with van der Waals surface area (Å²) in [6, 6.07) is 11.7. The lowest BCUT2D eigenvalue weighted by atomic mass is 10.1. The number of sulfone groups is 1. The highest BCUT2D eigenvalue weighted by Crippen LogP contribution is 2.27. The number of aryl methyl sites for hydroxylation is 2. The molecule has 7 nitrogen and oxygen atoms in total. The van der Waals surface area contributed by atoms with Crippen LogP contribution in [0.3, 0.4) is 0 Å². The molecule has 3 aromatic rings. The number of amides is 1. The lowest BCUT2D eigenvalue weighted by Gasteiger charge is -2.05. The Morgan fingerprint density at radius 1 is 1.08 bits per heavy atom. The van der Waals surface area contributed by atoms with Crippen molar-refractivity contribution in [1.82, 2.24) is 10.2 Å². The Bertz CT molecular complexity index is 1090. The van der Waals surface area contributed by atoms with Gasteiger partial charge < -0.3 is 4.42 Å². The van der Waals surface area contributed by atoms with Gasteiger partial charge in [0.2, 0.25) is 0 Å². The van der Waals surface area contributed by atoms with Crippen molar-refractivity contribution in [2.45, 2.75) is 18.7 Å². The lowest BCUT2D eigenvalue weighted by molar-refractivity contribution is 0.102. The normalized spacial score (nSPS) is 11.3. The van der Waals surface area contributed by atoms with Gasteiger partial charge in [-0.25, -0.2) is 8.42 Å². The van der Waals surface area contributed by atoms with Crippen LogP contribution in [-0.2, 0) is 9.84 Å². The maximum atomic E-state index is 12.4. The Balaban J connectivity index is 1.89. The SMILES string of the molecule is Cc1ccc(C(=O)Nc2nnc(-c3ccccc3S(C)(=O)=O)o2)c(C)c1. The molecule has 0 unspecified atom stereocenters. The molecule has 0 aliphatic heterocycles. The summed E-state index contributed by atoms with van der Waals surface area (Å²) in [6.07, 6.45) is 1.10. The molecule has 0 bridgehead atoms. The average Bonchev–Trinajstić information content (AvgIpc) is 3.02. The van der Waals surface area contributed by atoms with Crippen molar-refractivity contribution >= 4 is 21.8 Å². The molecular formula is C18H17N3O4S. The highest BCUT2D eigenvalue weighted by atomic mass is 32.2. The average molecular weight is 371 g/mol. The van der Waals surface area contributed by atoms with E-state index >= 15 is 0 Å². The summed E-state index contributed by atoms with van der Waals surface area (Å²) in [5.74, 6) is -0.365. The number of nitrogens with one attached hydrogen (secondary N) is 1. The fraction of sp³-hybridized carbons (Fsp3) is 0.167. The van der Waals surface area contributed by atoms with E-state index in [9.17, 15) is 13.2 Å². The van der Waals surface area contributed by atoms with E-state index in [0.717, 1.165) is 17.4 Å². The van der Waals surface area contributed by atoms with Gasteiger partial charge in [0.15, 0.2) is 9.84 Å². The van der Waals surface area contributed by atoms with Crippen molar-refractivity contribution in [3.8, 4) is 11.5 Å². The van der Waals surface area contributed by atoms with E-state index in [0.29, 0.717) is 5.56 Å². The molecule has 0 atom stereocenters. The monoisotopic (exact) mass is 371 g/mol. The van der Waals surface area contributed by atoms with Gasteiger partial charge in [-0.1, -0.05) is 34.9 Å². The second kappa shape index (κ2) is 6.72. The number of anilines is 1. The van der Waals surface area contributed by atoms with E-state index in [1.165, 1.54) is 6.07 Å². The molecule has 0 saturated heterocycles. The minimum absolute atomic E-state index is 0.0157. The molecule has 1 N–H and O–H groups in total. The molecule has 0 aliphatic carbocycles. The van der Waals surface area contributed by atoms with E-state index in [1.54, 1.807) is 24.3 Å². The third-order valence-corrected chi connectivity index (χ3v) is 4.94. The van der Waals surface area contributed by atoms with Crippen LogP contribution in [0.4, 0.5) is 6.01 Å². The summed E-state index contributed by atoms with van der Waals surface area (Å²) in [5, 5.41) is 10.2. The van der Waals surface area contributed by atoms with Crippen LogP contribution in [0.25, 0.3) is 11.5 Å². The number of benzene rings is 2. The van der Waals surface area contributed by atoms with E-state index in [4.69, 9.17) is 4.42 Å². The smallest absolute Gasteiger partial charge is 0.322 e. The van der Waals surface area contributed by atoms with Crippen molar-refractivity contribution in [3.63, 3.8) is 0 Å². The quantitative estimate of drug-likeness (QED) is 0.756. The molecule has 2 aromatic carbocycles. The molecule has 3 rings (SSSR count). The molecular weight excluding hydrogens is 354 g/mol. The first-order valence-electron chi connectivity index (χ1n) is 7.77. The first kappa shape index (κ1) is 17.8. The van der Waals surface area contributed by atoms with E-state index in [-0.39, 0.29) is 28.3 Å². The first-order chi connectivity index (χ1) is 12.3. The fourth-order valence-electron chi connectivity index (χ4n) is 2.58. The number of rotatable bonds is 4. The molecule has 0 radical (unpaired) electrons. The zero-order valence-corrected chi connectivity index (χ0v) is 15.3. The molecule has 0 spiro atoms. The van der Waals surface area contributed by atoms with Crippen molar-refractivity contribution in [1.29, 1.82) is 0 Å². The van der Waals surface area contributed by atoms with Gasteiger partial charge >= 0.3 is 6.01 Å². The Labute approximate surface area is 151 Å². The number of nitrogens with zero attached hydrogens (tertiary/aromatic N) is 2. The van der Waals surface area contributed by atoms with Gasteiger partial charge in [-0.15, -0.1) is 5.10 Å². The van der Waals surface area contributed by atoms with Gasteiger partial charge in [0.25, 0.3) is 11.8 Å². The molecule has 8 heteroatoms. The van der Waals surface area contributed by atoms with Crippen LogP contribution in [-0.4, -0.2) is 30.8 Å². The van der Waals surface area contributed by atoms with Gasteiger partial charge in [0.05, 0.1) is 10.5 Å². The minimum atomic E-state index is -3.46. The first-order valence-corrected chi connectivity index (χ1v) is 9.66. The van der Waals surface area contributed by atoms with Crippen LogP contribution in [0.15, 0.2) is 51.8 Å². The molecule has 134 valence electrons. The molecule has 0 saturated carbocycles. The fourth-order valence-corrected chi connectivity index (χ4v) is 3.46. The van der Waals surface area contributed by atoms with Crippen molar-refractivity contribution in [2.24, 2.45) is 0 Å². The summed E-state index contributed by atoms with van der Waals surface area (Å²) in [7, 11) is -3.46. The van der Waals surface area contributed by atoms with E-state index in [2.05, 4.69) is 15.5 Å². The number of carbonyl (C=O) groups excluding carboxylic acids is 1. The predicted octanol–water partition coefficient (Wildman–Crippen LogP) is 3.01. The molecule has 1 heterocycles. The zero-order chi connectivity index (χ0) is 18.9. The van der Waals surface area contributed by atoms with Crippen LogP contribution in [0.1, 0.15) is 21.5 Å². The Hall–Kier alpha value is -3.00. The maximum absolute atomic E-state index is 12.4. The zero-order valence-electron chi connectivity index (χ0n) is 14.5. The van der Waals surface area contributed by atoms with Crippen molar-refractivity contribution in [3.05, 3.63) is 59.2 Å². The standard InChI is InChI=1S/C18H17N3O4S/c1-11-8-9-13(12(2)10-11)16(22)19-18-21-20-17(25-18)14-6-4-5-7-15(14)26(3,23)24/h4-10H,1-3H3,(H,19,21,22). The number of hydrogen-bond donors (Lipinski definition) is 1. The summed E-state index contributed by atoms with van der Waals surface area (Å²) < 4.78 is 29.2. The molecule has 1 aromatic heterocycles. The van der Waals surface area contributed by atoms with Gasteiger partial charge in [0.1, 0.15) is 0 Å². The van der Waals surface area contributed by atoms with Gasteiger partial charge in [-0.05, 0) is 37.6 Å². The van der Waals surface area contributed by atoms with Gasteiger partial charge in [-0.2, -0.15) is 0 Å². The topological polar surface area (TPSA) is 102 Å². The number of aromatic nitrogens is 2. The van der Waals surface area contributed by atoms with Crippen molar-refractivity contribution < 1.29 is 17.6 Å². The Morgan fingerprint density at radius 2 is 1.81 bits per heavy atom. The third-order valence-electron chi connectivity index (χ3n) is 3.79. The predicted molar refractivity (Wildman–Crippen MR) is 96.7 cm³/mol. The van der Waals surface area contributed by atoms with Crippen LogP contribution in [0.2, 0.25) is 0 Å². The Morgan fingerprint density at radius 3 is 2.50 bits per heavy atom. The maximum Gasteiger partial charge on any atom is 0.322 e. The summed E-state index contributed by atoms with van der Waals surface area (Å²) in [6.45, 7) is 3.78. The highest BCUT2D eigenvalue weighted by molar-refractivity contribution is 7.90. The molecule has 1 amide bonds. The number of carbonyl (C=O) groups is 1. The van der Waals surface area contributed by atoms with Crippen LogP contribution in [0, 0.1) is 13.8 Å². The third kappa shape index (κ3) is 3.65. The summed E-state index contributed by atoms with van der Waals surface area (Å²) in [4.78, 5) is 12.5. The van der Waals surface area contributed by atoms with E-state index < -0.39 is 9.84 Å². The second-order valence-corrected chi connectivity index (χ2v) is 7.94. The van der Waals surface area contributed by atoms with Crippen molar-refractivity contribution in [2.75, 3.05) is 11.6 Å². The molecule has 0 aliphatic rings. The van der Waals surface area contributed by atoms with Crippen LogP contribution < -0.4 is 5.32 Å². The summed E-state index contributed by atoms with van der Waals surface area (Å²) >= 11 is 0. The largest absolute Gasteiger partial charge is 0.403 e. The van der Waals surface area contributed by atoms with E-state index in [1.807, 2.05) is 26.0 Å². The Kier molecular flexibility index (Phi) is 4.60. The highest BCUT2D eigenvalue weighted by Gasteiger charge is 2.19.